The van der Waals surface area contributed by atoms with E-state index in [0.29, 0.717) is 6.04 Å². The summed E-state index contributed by atoms with van der Waals surface area (Å²) in [6.07, 6.45) is 7.66. The summed E-state index contributed by atoms with van der Waals surface area (Å²) < 4.78 is 2.04. The zero-order chi connectivity index (χ0) is 13.7. The predicted molar refractivity (Wildman–Crippen MR) is 75.9 cm³/mol. The van der Waals surface area contributed by atoms with E-state index in [1.807, 2.05) is 10.9 Å². The first-order valence-corrected chi connectivity index (χ1v) is 7.01. The number of hydrogen-bond acceptors (Lipinski definition) is 3. The maximum Gasteiger partial charge on any atom is 0.123 e. The molecule has 2 rings (SSSR count). The van der Waals surface area contributed by atoms with E-state index in [2.05, 4.69) is 53.4 Å². The third-order valence-electron chi connectivity index (χ3n) is 3.42. The highest BCUT2D eigenvalue weighted by molar-refractivity contribution is 5.07. The Hall–Kier alpha value is -1.62. The van der Waals surface area contributed by atoms with Crippen molar-refractivity contribution in [3.8, 4) is 0 Å². The monoisotopic (exact) mass is 261 g/mol. The largest absolute Gasteiger partial charge is 0.347 e. The number of rotatable bonds is 7. The summed E-state index contributed by atoms with van der Waals surface area (Å²) in [5, 5.41) is 8.09. The fourth-order valence-corrected chi connectivity index (χ4v) is 2.11. The molecule has 0 saturated heterocycles. The van der Waals surface area contributed by atoms with Crippen LogP contribution in [0.5, 0.6) is 0 Å². The second-order valence-electron chi connectivity index (χ2n) is 4.83. The summed E-state index contributed by atoms with van der Waals surface area (Å²) >= 11 is 0. The molecule has 0 aliphatic heterocycles. The molecule has 2 N–H and O–H groups in total. The molecule has 5 heteroatoms. The molecule has 0 saturated carbocycles. The van der Waals surface area contributed by atoms with E-state index in [4.69, 9.17) is 0 Å². The number of imidazole rings is 1. The minimum absolute atomic E-state index is 0.195. The first-order chi connectivity index (χ1) is 9.24. The van der Waals surface area contributed by atoms with Crippen LogP contribution in [0.25, 0.3) is 0 Å². The fourth-order valence-electron chi connectivity index (χ4n) is 2.11. The quantitative estimate of drug-likeness (QED) is 0.805. The van der Waals surface area contributed by atoms with Crippen LogP contribution < -0.4 is 5.32 Å². The Labute approximate surface area is 114 Å². The Bertz CT molecular complexity index is 474. The van der Waals surface area contributed by atoms with Crippen molar-refractivity contribution in [1.82, 2.24) is 25.1 Å². The van der Waals surface area contributed by atoms with Crippen LogP contribution in [0.1, 0.15) is 50.8 Å². The third-order valence-corrected chi connectivity index (χ3v) is 3.42. The Morgan fingerprint density at radius 1 is 1.42 bits per heavy atom. The number of nitrogens with zero attached hydrogens (tertiary/aromatic N) is 3. The lowest BCUT2D eigenvalue weighted by Gasteiger charge is -2.14. The van der Waals surface area contributed by atoms with Gasteiger partial charge in [0.25, 0.3) is 0 Å². The van der Waals surface area contributed by atoms with E-state index in [-0.39, 0.29) is 6.04 Å². The Morgan fingerprint density at radius 2 is 2.26 bits per heavy atom. The topological polar surface area (TPSA) is 58.5 Å². The van der Waals surface area contributed by atoms with Crippen LogP contribution in [0.3, 0.4) is 0 Å². The predicted octanol–water partition coefficient (Wildman–Crippen LogP) is 2.47. The lowest BCUT2D eigenvalue weighted by atomic mass is 10.1. The molecule has 0 amide bonds. The van der Waals surface area contributed by atoms with Crippen molar-refractivity contribution in [2.75, 3.05) is 6.54 Å². The highest BCUT2D eigenvalue weighted by Gasteiger charge is 2.15. The molecule has 2 atom stereocenters. The van der Waals surface area contributed by atoms with Crippen LogP contribution >= 0.6 is 0 Å². The van der Waals surface area contributed by atoms with Gasteiger partial charge in [-0.05, 0) is 26.0 Å². The molecule has 0 aliphatic rings. The smallest absolute Gasteiger partial charge is 0.123 e. The molecule has 0 spiro atoms. The van der Waals surface area contributed by atoms with Gasteiger partial charge in [0.05, 0.1) is 11.7 Å². The van der Waals surface area contributed by atoms with Gasteiger partial charge < -0.3 is 10.3 Å². The number of hydrogen-bond donors (Lipinski definition) is 2. The molecule has 0 bridgehead atoms. The van der Waals surface area contributed by atoms with Gasteiger partial charge in [0.1, 0.15) is 5.82 Å². The first-order valence-electron chi connectivity index (χ1n) is 7.01. The van der Waals surface area contributed by atoms with Gasteiger partial charge in [-0.15, -0.1) is 0 Å². The summed E-state index contributed by atoms with van der Waals surface area (Å²) in [5.41, 5.74) is 1.10. The molecule has 104 valence electrons. The lowest BCUT2D eigenvalue weighted by Crippen LogP contribution is -2.24. The Kier molecular flexibility index (Phi) is 4.74. The van der Waals surface area contributed by atoms with Gasteiger partial charge >= 0.3 is 0 Å². The second kappa shape index (κ2) is 6.52. The second-order valence-corrected chi connectivity index (χ2v) is 4.83. The minimum Gasteiger partial charge on any atom is -0.347 e. The maximum absolute atomic E-state index is 4.65. The van der Waals surface area contributed by atoms with Crippen molar-refractivity contribution >= 4 is 0 Å². The van der Waals surface area contributed by atoms with Gasteiger partial charge in [0.15, 0.2) is 0 Å². The summed E-state index contributed by atoms with van der Waals surface area (Å²) in [5.74, 6) is 0.972. The molecule has 5 nitrogen and oxygen atoms in total. The molecule has 2 aromatic rings. The van der Waals surface area contributed by atoms with Crippen molar-refractivity contribution < 1.29 is 0 Å². The number of likely N-dealkylation sites (N-methyl/N-ethyl adjacent to an activating group) is 1. The fraction of sp³-hybridized carbons (Fsp3) is 0.571. The van der Waals surface area contributed by atoms with Crippen molar-refractivity contribution in [3.05, 3.63) is 36.2 Å². The molecule has 19 heavy (non-hydrogen) atoms. The molecular weight excluding hydrogens is 238 g/mol. The molecule has 2 unspecified atom stereocenters. The van der Waals surface area contributed by atoms with Gasteiger partial charge in [0.2, 0.25) is 0 Å². The number of H-pyrrole nitrogens is 1. The summed E-state index contributed by atoms with van der Waals surface area (Å²) in [4.78, 5) is 7.51. The number of aromatic nitrogens is 4. The normalized spacial score (nSPS) is 14.5. The Morgan fingerprint density at radius 3 is 2.89 bits per heavy atom. The van der Waals surface area contributed by atoms with E-state index in [1.165, 1.54) is 0 Å². The molecule has 2 heterocycles. The van der Waals surface area contributed by atoms with Crippen LogP contribution in [0.2, 0.25) is 0 Å². The van der Waals surface area contributed by atoms with Crippen molar-refractivity contribution in [2.24, 2.45) is 0 Å². The van der Waals surface area contributed by atoms with Gasteiger partial charge in [-0.3, -0.25) is 4.68 Å². The zero-order valence-corrected chi connectivity index (χ0v) is 11.9. The van der Waals surface area contributed by atoms with Crippen LogP contribution in [-0.4, -0.2) is 26.3 Å². The molecule has 0 aliphatic carbocycles. The van der Waals surface area contributed by atoms with Crippen LogP contribution in [0.15, 0.2) is 24.7 Å². The average molecular weight is 261 g/mol. The lowest BCUT2D eigenvalue weighted by molar-refractivity contribution is 0.464. The highest BCUT2D eigenvalue weighted by atomic mass is 15.3. The van der Waals surface area contributed by atoms with Crippen molar-refractivity contribution in [1.29, 1.82) is 0 Å². The van der Waals surface area contributed by atoms with Gasteiger partial charge in [0, 0.05) is 31.1 Å². The van der Waals surface area contributed by atoms with E-state index >= 15 is 0 Å². The van der Waals surface area contributed by atoms with Crippen LogP contribution in [-0.2, 0) is 6.42 Å². The average Bonchev–Trinajstić information content (AvgIpc) is 3.08. The van der Waals surface area contributed by atoms with Gasteiger partial charge in [-0.2, -0.15) is 5.10 Å². The highest BCUT2D eigenvalue weighted by Crippen LogP contribution is 2.15. The van der Waals surface area contributed by atoms with E-state index in [9.17, 15) is 0 Å². The molecule has 2 aromatic heterocycles. The Balaban J connectivity index is 2.07. The summed E-state index contributed by atoms with van der Waals surface area (Å²) in [7, 11) is 0. The molecule has 0 aromatic carbocycles. The molecular formula is C14H23N5. The van der Waals surface area contributed by atoms with Gasteiger partial charge in [-0.25, -0.2) is 4.98 Å². The number of nitrogens with one attached hydrogen (secondary N) is 2. The van der Waals surface area contributed by atoms with Crippen molar-refractivity contribution in [2.45, 2.75) is 45.7 Å². The standard InChI is InChI=1S/C14H23N5/c1-4-11(3)19-9-6-12(18-19)10-13(15-5-2)14-16-7-8-17-14/h6-9,11,13,15H,4-5,10H2,1-3H3,(H,16,17). The SMILES string of the molecule is CCNC(Cc1ccn(C(C)CC)n1)c1ncc[nH]1. The summed E-state index contributed by atoms with van der Waals surface area (Å²) in [6, 6.07) is 2.75. The number of aromatic amines is 1. The van der Waals surface area contributed by atoms with Crippen LogP contribution in [0.4, 0.5) is 0 Å². The summed E-state index contributed by atoms with van der Waals surface area (Å²) in [6.45, 7) is 7.38. The van der Waals surface area contributed by atoms with Gasteiger partial charge in [-0.1, -0.05) is 13.8 Å². The molecule has 0 radical (unpaired) electrons. The van der Waals surface area contributed by atoms with Crippen LogP contribution in [0, 0.1) is 0 Å². The zero-order valence-electron chi connectivity index (χ0n) is 11.9. The van der Waals surface area contributed by atoms with E-state index in [0.717, 1.165) is 30.9 Å². The third kappa shape index (κ3) is 3.44. The van der Waals surface area contributed by atoms with E-state index < -0.39 is 0 Å². The minimum atomic E-state index is 0.195. The van der Waals surface area contributed by atoms with E-state index in [1.54, 1.807) is 6.20 Å². The van der Waals surface area contributed by atoms with Crippen molar-refractivity contribution in [3.63, 3.8) is 0 Å². The molecule has 0 fully saturated rings. The first kappa shape index (κ1) is 13.8. The maximum atomic E-state index is 4.65.